The molecule has 1 aliphatic heterocycles. The number of anilines is 2. The Morgan fingerprint density at radius 2 is 1.74 bits per heavy atom. The Kier molecular flexibility index (Phi) is 7.54. The lowest BCUT2D eigenvalue weighted by molar-refractivity contribution is -0.116. The van der Waals surface area contributed by atoms with Crippen LogP contribution in [-0.2, 0) is 4.79 Å². The smallest absolute Gasteiger partial charge is 0.255 e. The summed E-state index contributed by atoms with van der Waals surface area (Å²) in [6.07, 6.45) is 2.42. The highest BCUT2D eigenvalue weighted by Crippen LogP contribution is 2.32. The van der Waals surface area contributed by atoms with E-state index in [4.69, 9.17) is 4.74 Å². The molecule has 0 radical (unpaired) electrons. The lowest BCUT2D eigenvalue weighted by Gasteiger charge is -2.24. The molecular weight excluding hydrogens is 433 g/mol. The van der Waals surface area contributed by atoms with Gasteiger partial charge in [-0.1, -0.05) is 24.3 Å². The van der Waals surface area contributed by atoms with Crippen LogP contribution in [0.4, 0.5) is 15.8 Å². The Labute approximate surface area is 198 Å². The number of carbonyl (C=O) groups is 2. The van der Waals surface area contributed by atoms with Gasteiger partial charge in [0.1, 0.15) is 11.6 Å². The van der Waals surface area contributed by atoms with Crippen molar-refractivity contribution in [3.63, 3.8) is 0 Å². The summed E-state index contributed by atoms with van der Waals surface area (Å²) in [4.78, 5) is 27.3. The molecule has 3 aromatic rings. The molecular formula is C27H28FN3O3. The normalized spacial score (nSPS) is 15.6. The molecule has 3 aromatic carbocycles. The molecule has 1 saturated heterocycles. The first-order chi connectivity index (χ1) is 16.5. The van der Waals surface area contributed by atoms with Gasteiger partial charge >= 0.3 is 0 Å². The Bertz CT molecular complexity index is 1130. The largest absolute Gasteiger partial charge is 0.495 e. The Morgan fingerprint density at radius 3 is 2.47 bits per heavy atom. The second kappa shape index (κ2) is 10.9. The maximum absolute atomic E-state index is 13.2. The number of methoxy groups -OCH3 is 1. The third-order valence-corrected chi connectivity index (χ3v) is 6.03. The molecule has 0 saturated carbocycles. The fourth-order valence-electron chi connectivity index (χ4n) is 4.27. The SMILES string of the molecule is COc1ccccc1NC(=O)c1ccc(NC(=O)CCN2CCCC2c2ccc(F)cc2)cc1. The highest BCUT2D eigenvalue weighted by Gasteiger charge is 2.26. The van der Waals surface area contributed by atoms with Crippen LogP contribution in [0, 0.1) is 5.82 Å². The quantitative estimate of drug-likeness (QED) is 0.481. The van der Waals surface area contributed by atoms with E-state index in [1.165, 1.54) is 12.1 Å². The second-order valence-corrected chi connectivity index (χ2v) is 8.28. The second-order valence-electron chi connectivity index (χ2n) is 8.28. The Balaban J connectivity index is 1.29. The number of likely N-dealkylation sites (tertiary alicyclic amines) is 1. The zero-order chi connectivity index (χ0) is 23.9. The van der Waals surface area contributed by atoms with Crippen LogP contribution < -0.4 is 15.4 Å². The fourth-order valence-corrected chi connectivity index (χ4v) is 4.27. The number of amides is 2. The maximum atomic E-state index is 13.2. The first-order valence-electron chi connectivity index (χ1n) is 11.4. The average molecular weight is 462 g/mol. The predicted molar refractivity (Wildman–Crippen MR) is 131 cm³/mol. The molecule has 1 heterocycles. The van der Waals surface area contributed by atoms with Gasteiger partial charge in [-0.3, -0.25) is 14.5 Å². The van der Waals surface area contributed by atoms with Crippen molar-refractivity contribution in [2.75, 3.05) is 30.8 Å². The van der Waals surface area contributed by atoms with Crippen LogP contribution in [0.1, 0.15) is 41.2 Å². The van der Waals surface area contributed by atoms with Crippen LogP contribution in [0.25, 0.3) is 0 Å². The van der Waals surface area contributed by atoms with Crippen LogP contribution in [0.15, 0.2) is 72.8 Å². The third-order valence-electron chi connectivity index (χ3n) is 6.03. The van der Waals surface area contributed by atoms with Crippen molar-refractivity contribution in [2.45, 2.75) is 25.3 Å². The van der Waals surface area contributed by atoms with E-state index in [1.807, 2.05) is 24.3 Å². The molecule has 0 spiro atoms. The molecule has 176 valence electrons. The maximum Gasteiger partial charge on any atom is 0.255 e. The van der Waals surface area contributed by atoms with Crippen molar-refractivity contribution in [3.8, 4) is 5.75 Å². The van der Waals surface area contributed by atoms with E-state index < -0.39 is 0 Å². The van der Waals surface area contributed by atoms with Gasteiger partial charge < -0.3 is 15.4 Å². The van der Waals surface area contributed by atoms with Gasteiger partial charge in [-0.2, -0.15) is 0 Å². The van der Waals surface area contributed by atoms with E-state index in [9.17, 15) is 14.0 Å². The van der Waals surface area contributed by atoms with E-state index in [2.05, 4.69) is 15.5 Å². The van der Waals surface area contributed by atoms with E-state index in [0.717, 1.165) is 24.9 Å². The van der Waals surface area contributed by atoms with Crippen molar-refractivity contribution < 1.29 is 18.7 Å². The number of benzene rings is 3. The zero-order valence-corrected chi connectivity index (χ0v) is 19.1. The minimum Gasteiger partial charge on any atom is -0.495 e. The number of hydrogen-bond donors (Lipinski definition) is 2. The summed E-state index contributed by atoms with van der Waals surface area (Å²) in [5.74, 6) is -0.00501. The van der Waals surface area contributed by atoms with Gasteiger partial charge in [0.2, 0.25) is 5.91 Å². The first kappa shape index (κ1) is 23.4. The molecule has 0 bridgehead atoms. The van der Waals surface area contributed by atoms with E-state index >= 15 is 0 Å². The standard InChI is InChI=1S/C27H28FN3O3/c1-34-25-7-3-2-5-23(25)30-27(33)20-10-14-22(15-11-20)29-26(32)16-18-31-17-4-6-24(31)19-8-12-21(28)13-9-19/h2-3,5,7-15,24H,4,6,16-18H2,1H3,(H,29,32)(H,30,33). The van der Waals surface area contributed by atoms with Gasteiger partial charge in [-0.15, -0.1) is 0 Å². The molecule has 1 fully saturated rings. The monoisotopic (exact) mass is 461 g/mol. The molecule has 7 heteroatoms. The van der Waals surface area contributed by atoms with Crippen molar-refractivity contribution in [3.05, 3.63) is 89.7 Å². The minimum absolute atomic E-state index is 0.0871. The van der Waals surface area contributed by atoms with Gasteiger partial charge in [0.25, 0.3) is 5.91 Å². The summed E-state index contributed by atoms with van der Waals surface area (Å²) in [6.45, 7) is 1.55. The number of carbonyl (C=O) groups excluding carboxylic acids is 2. The van der Waals surface area contributed by atoms with Crippen molar-refractivity contribution in [1.29, 1.82) is 0 Å². The number of halogens is 1. The number of nitrogens with one attached hydrogen (secondary N) is 2. The predicted octanol–water partition coefficient (Wildman–Crippen LogP) is 5.25. The summed E-state index contributed by atoms with van der Waals surface area (Å²) in [7, 11) is 1.55. The molecule has 6 nitrogen and oxygen atoms in total. The summed E-state index contributed by atoms with van der Waals surface area (Å²) in [5, 5.41) is 5.73. The molecule has 2 amide bonds. The van der Waals surface area contributed by atoms with Crippen molar-refractivity contribution >= 4 is 23.2 Å². The summed E-state index contributed by atoms with van der Waals surface area (Å²) < 4.78 is 18.5. The van der Waals surface area contributed by atoms with Gasteiger partial charge in [0, 0.05) is 30.3 Å². The lowest BCUT2D eigenvalue weighted by atomic mass is 10.0. The molecule has 4 rings (SSSR count). The fraction of sp³-hybridized carbons (Fsp3) is 0.259. The van der Waals surface area contributed by atoms with Crippen LogP contribution in [0.3, 0.4) is 0 Å². The summed E-state index contributed by atoms with van der Waals surface area (Å²) in [6, 6.07) is 20.8. The van der Waals surface area contributed by atoms with Crippen LogP contribution >= 0.6 is 0 Å². The number of para-hydroxylation sites is 2. The Hall–Kier alpha value is -3.71. The number of hydrogen-bond acceptors (Lipinski definition) is 4. The zero-order valence-electron chi connectivity index (χ0n) is 19.1. The summed E-state index contributed by atoms with van der Waals surface area (Å²) >= 11 is 0. The number of rotatable bonds is 8. The third kappa shape index (κ3) is 5.80. The van der Waals surface area contributed by atoms with Gasteiger partial charge in [0.15, 0.2) is 0 Å². The average Bonchev–Trinajstić information content (AvgIpc) is 3.32. The molecule has 1 unspecified atom stereocenters. The van der Waals surface area contributed by atoms with Crippen molar-refractivity contribution in [2.24, 2.45) is 0 Å². The van der Waals surface area contributed by atoms with Crippen LogP contribution in [0.2, 0.25) is 0 Å². The highest BCUT2D eigenvalue weighted by atomic mass is 19.1. The van der Waals surface area contributed by atoms with Crippen LogP contribution in [0.5, 0.6) is 5.75 Å². The molecule has 0 aliphatic carbocycles. The minimum atomic E-state index is -0.261. The molecule has 1 atom stereocenters. The number of nitrogens with zero attached hydrogens (tertiary/aromatic N) is 1. The van der Waals surface area contributed by atoms with E-state index in [0.29, 0.717) is 35.7 Å². The molecule has 2 N–H and O–H groups in total. The van der Waals surface area contributed by atoms with Gasteiger partial charge in [-0.25, -0.2) is 4.39 Å². The molecule has 34 heavy (non-hydrogen) atoms. The van der Waals surface area contributed by atoms with Gasteiger partial charge in [0.05, 0.1) is 12.8 Å². The summed E-state index contributed by atoms with van der Waals surface area (Å²) in [5.41, 5.74) is 2.79. The highest BCUT2D eigenvalue weighted by molar-refractivity contribution is 6.05. The molecule has 1 aliphatic rings. The lowest BCUT2D eigenvalue weighted by Crippen LogP contribution is -2.27. The van der Waals surface area contributed by atoms with E-state index in [1.54, 1.807) is 43.5 Å². The number of ether oxygens (including phenoxy) is 1. The molecule has 0 aromatic heterocycles. The Morgan fingerprint density at radius 1 is 1.00 bits per heavy atom. The van der Waals surface area contributed by atoms with Crippen LogP contribution in [-0.4, -0.2) is 36.9 Å². The van der Waals surface area contributed by atoms with Crippen molar-refractivity contribution in [1.82, 2.24) is 4.90 Å². The first-order valence-corrected chi connectivity index (χ1v) is 11.4. The van der Waals surface area contributed by atoms with Gasteiger partial charge in [-0.05, 0) is 73.5 Å². The topological polar surface area (TPSA) is 70.7 Å². The van der Waals surface area contributed by atoms with E-state index in [-0.39, 0.29) is 23.7 Å².